The summed E-state index contributed by atoms with van der Waals surface area (Å²) < 4.78 is 27.8. The van der Waals surface area contributed by atoms with Crippen molar-refractivity contribution in [3.63, 3.8) is 0 Å². The summed E-state index contributed by atoms with van der Waals surface area (Å²) in [5.41, 5.74) is 3.64. The molecule has 8 nitrogen and oxygen atoms in total. The van der Waals surface area contributed by atoms with Crippen LogP contribution in [0.3, 0.4) is 0 Å². The average Bonchev–Trinajstić information content (AvgIpc) is 3.50. The van der Waals surface area contributed by atoms with E-state index in [0.29, 0.717) is 24.2 Å². The van der Waals surface area contributed by atoms with E-state index >= 15 is 0 Å². The number of carboxylic acid groups (broad SMARTS) is 1. The summed E-state index contributed by atoms with van der Waals surface area (Å²) in [6.45, 7) is 8.18. The van der Waals surface area contributed by atoms with E-state index in [9.17, 15) is 14.3 Å². The molecular formula is C26H29FN4O4. The summed E-state index contributed by atoms with van der Waals surface area (Å²) in [7, 11) is 1.66. The number of ether oxygens (including phenoxy) is 2. The third-order valence-corrected chi connectivity index (χ3v) is 7.03. The summed E-state index contributed by atoms with van der Waals surface area (Å²) >= 11 is 0. The van der Waals surface area contributed by atoms with Gasteiger partial charge in [-0.25, -0.2) is 14.2 Å². The van der Waals surface area contributed by atoms with Crippen molar-refractivity contribution in [1.82, 2.24) is 19.7 Å². The monoisotopic (exact) mass is 480 g/mol. The van der Waals surface area contributed by atoms with Crippen LogP contribution < -0.4 is 0 Å². The second-order valence-corrected chi connectivity index (χ2v) is 10.3. The Morgan fingerprint density at radius 3 is 2.83 bits per heavy atom. The molecule has 0 radical (unpaired) electrons. The molecule has 1 saturated heterocycles. The molecule has 1 unspecified atom stereocenters. The summed E-state index contributed by atoms with van der Waals surface area (Å²) in [5.74, 6) is -1.47. The third kappa shape index (κ3) is 3.70. The molecule has 5 rings (SSSR count). The van der Waals surface area contributed by atoms with Gasteiger partial charge >= 0.3 is 5.97 Å². The van der Waals surface area contributed by atoms with Gasteiger partial charge in [0.2, 0.25) is 0 Å². The number of aromatic nitrogens is 4. The number of H-pyrrole nitrogens is 1. The van der Waals surface area contributed by atoms with Crippen LogP contribution in [0.4, 0.5) is 4.39 Å². The maximum Gasteiger partial charge on any atom is 0.335 e. The van der Waals surface area contributed by atoms with Crippen LogP contribution in [0.1, 0.15) is 49.9 Å². The fourth-order valence-electron chi connectivity index (χ4n) is 5.32. The van der Waals surface area contributed by atoms with E-state index in [-0.39, 0.29) is 18.3 Å². The molecule has 9 heteroatoms. The quantitative estimate of drug-likeness (QED) is 0.418. The highest BCUT2D eigenvalue weighted by atomic mass is 19.1. The van der Waals surface area contributed by atoms with Gasteiger partial charge in [-0.3, -0.25) is 5.10 Å². The van der Waals surface area contributed by atoms with E-state index < -0.39 is 17.0 Å². The van der Waals surface area contributed by atoms with Crippen molar-refractivity contribution in [1.29, 1.82) is 0 Å². The number of carboxylic acids is 1. The average molecular weight is 481 g/mol. The van der Waals surface area contributed by atoms with Crippen LogP contribution in [0.2, 0.25) is 0 Å². The van der Waals surface area contributed by atoms with Gasteiger partial charge in [0.1, 0.15) is 5.82 Å². The molecule has 0 saturated carbocycles. The fraction of sp³-hybridized carbons (Fsp3) is 0.423. The molecular weight excluding hydrogens is 451 g/mol. The van der Waals surface area contributed by atoms with Crippen LogP contribution in [0.25, 0.3) is 27.8 Å². The number of hydrogen-bond donors (Lipinski definition) is 2. The first-order chi connectivity index (χ1) is 16.6. The largest absolute Gasteiger partial charge is 0.479 e. The van der Waals surface area contributed by atoms with Gasteiger partial charge in [-0.05, 0) is 50.1 Å². The number of aliphatic carboxylic acids is 1. The minimum Gasteiger partial charge on any atom is -0.479 e. The maximum atomic E-state index is 14.2. The van der Waals surface area contributed by atoms with Gasteiger partial charge in [-0.15, -0.1) is 0 Å². The van der Waals surface area contributed by atoms with Crippen molar-refractivity contribution in [2.24, 2.45) is 0 Å². The lowest BCUT2D eigenvalue weighted by atomic mass is 9.81. The number of methoxy groups -OCH3 is 1. The van der Waals surface area contributed by atoms with Crippen LogP contribution in [0.15, 0.2) is 30.5 Å². The number of aryl methyl sites for hydroxylation is 1. The smallest absolute Gasteiger partial charge is 0.335 e. The molecule has 2 N–H and O–H groups in total. The SMILES string of the molecule is COCC(C)(C)c1c(C2CO[C@](C)(C(=O)O)C2)c2nc3[nH]ncc3cc2n1-c1ccc(F)c(C)c1. The van der Waals surface area contributed by atoms with E-state index in [1.807, 2.05) is 12.1 Å². The molecule has 4 heterocycles. The third-order valence-electron chi connectivity index (χ3n) is 7.03. The van der Waals surface area contributed by atoms with E-state index in [1.165, 1.54) is 6.07 Å². The van der Waals surface area contributed by atoms with E-state index in [4.69, 9.17) is 14.5 Å². The number of benzene rings is 1. The lowest BCUT2D eigenvalue weighted by molar-refractivity contribution is -0.157. The number of aromatic amines is 1. The molecule has 35 heavy (non-hydrogen) atoms. The Morgan fingerprint density at radius 2 is 2.17 bits per heavy atom. The predicted molar refractivity (Wildman–Crippen MR) is 130 cm³/mol. The Balaban J connectivity index is 1.88. The Labute approximate surface area is 202 Å². The molecule has 2 atom stereocenters. The molecule has 184 valence electrons. The number of carbonyl (C=O) groups is 1. The fourth-order valence-corrected chi connectivity index (χ4v) is 5.32. The lowest BCUT2D eigenvalue weighted by Gasteiger charge is -2.29. The number of hydrogen-bond acceptors (Lipinski definition) is 5. The minimum absolute atomic E-state index is 0.208. The second kappa shape index (κ2) is 8.13. The van der Waals surface area contributed by atoms with Crippen molar-refractivity contribution in [2.75, 3.05) is 20.3 Å². The van der Waals surface area contributed by atoms with E-state index in [1.54, 1.807) is 33.2 Å². The molecule has 1 aliphatic heterocycles. The first-order valence-electron chi connectivity index (χ1n) is 11.6. The topological polar surface area (TPSA) is 102 Å². The maximum absolute atomic E-state index is 14.2. The first kappa shape index (κ1) is 23.4. The van der Waals surface area contributed by atoms with E-state index in [2.05, 4.69) is 28.6 Å². The van der Waals surface area contributed by atoms with Gasteiger partial charge in [0.15, 0.2) is 11.2 Å². The van der Waals surface area contributed by atoms with Crippen molar-refractivity contribution in [3.8, 4) is 5.69 Å². The Morgan fingerprint density at radius 1 is 1.40 bits per heavy atom. The number of nitrogens with zero attached hydrogens (tertiary/aromatic N) is 3. The molecule has 4 aromatic rings. The zero-order valence-corrected chi connectivity index (χ0v) is 20.5. The number of pyridine rings is 1. The number of fused-ring (bicyclic) bond motifs is 2. The van der Waals surface area contributed by atoms with Crippen molar-refractivity contribution in [2.45, 2.75) is 51.0 Å². The highest BCUT2D eigenvalue weighted by Gasteiger charge is 2.46. The molecule has 0 amide bonds. The summed E-state index contributed by atoms with van der Waals surface area (Å²) in [4.78, 5) is 16.9. The molecule has 0 aliphatic carbocycles. The zero-order valence-electron chi connectivity index (χ0n) is 20.5. The zero-order chi connectivity index (χ0) is 25.1. The molecule has 0 spiro atoms. The second-order valence-electron chi connectivity index (χ2n) is 10.3. The Kier molecular flexibility index (Phi) is 5.45. The van der Waals surface area contributed by atoms with E-state index in [0.717, 1.165) is 33.4 Å². The van der Waals surface area contributed by atoms with Crippen LogP contribution in [-0.2, 0) is 19.7 Å². The highest BCUT2D eigenvalue weighted by Crippen LogP contribution is 2.46. The van der Waals surface area contributed by atoms with Crippen LogP contribution >= 0.6 is 0 Å². The van der Waals surface area contributed by atoms with Gasteiger partial charge in [0.05, 0.1) is 30.4 Å². The standard InChI is InChI=1S/C26H29FN4O4/c1-14-8-17(6-7-18(14)27)31-19-9-15-11-28-30-23(15)29-21(19)20(22(31)25(2,3)13-34-5)16-10-26(4,24(32)33)35-12-16/h6-9,11,16H,10,12-13H2,1-5H3,(H,32,33)(H,28,29,30)/t16?,26-/m0/s1. The Hall–Kier alpha value is -3.30. The van der Waals surface area contributed by atoms with Gasteiger partial charge < -0.3 is 19.1 Å². The highest BCUT2D eigenvalue weighted by molar-refractivity contribution is 5.94. The molecule has 0 bridgehead atoms. The summed E-state index contributed by atoms with van der Waals surface area (Å²) in [6, 6.07) is 7.05. The van der Waals surface area contributed by atoms with Crippen LogP contribution in [0, 0.1) is 12.7 Å². The van der Waals surface area contributed by atoms with Crippen molar-refractivity contribution < 1.29 is 23.8 Å². The predicted octanol–water partition coefficient (Wildman–Crippen LogP) is 4.62. The number of halogens is 1. The van der Waals surface area contributed by atoms with Crippen molar-refractivity contribution in [3.05, 3.63) is 53.1 Å². The molecule has 1 aliphatic rings. The molecule has 1 aromatic carbocycles. The summed E-state index contributed by atoms with van der Waals surface area (Å²) in [6.07, 6.45) is 2.03. The normalized spacial score (nSPS) is 20.8. The number of rotatable bonds is 6. The van der Waals surface area contributed by atoms with Crippen LogP contribution in [-0.4, -0.2) is 56.7 Å². The van der Waals surface area contributed by atoms with Crippen molar-refractivity contribution >= 4 is 28.0 Å². The van der Waals surface area contributed by atoms with Gasteiger partial charge in [0, 0.05) is 40.8 Å². The molecule has 3 aromatic heterocycles. The van der Waals surface area contributed by atoms with Crippen LogP contribution in [0.5, 0.6) is 0 Å². The van der Waals surface area contributed by atoms with Gasteiger partial charge in [0.25, 0.3) is 0 Å². The van der Waals surface area contributed by atoms with Gasteiger partial charge in [-0.2, -0.15) is 5.10 Å². The minimum atomic E-state index is -1.29. The Bertz CT molecular complexity index is 1460. The first-order valence-corrected chi connectivity index (χ1v) is 11.6. The van der Waals surface area contributed by atoms with Gasteiger partial charge in [-0.1, -0.05) is 13.8 Å². The molecule has 1 fully saturated rings. The number of nitrogens with one attached hydrogen (secondary N) is 1. The lowest BCUT2D eigenvalue weighted by Crippen LogP contribution is -2.34. The summed E-state index contributed by atoms with van der Waals surface area (Å²) in [5, 5.41) is 17.7.